The van der Waals surface area contributed by atoms with Crippen LogP contribution in [0.3, 0.4) is 0 Å². The number of fused-ring (bicyclic) bond motifs is 1. The predicted octanol–water partition coefficient (Wildman–Crippen LogP) is 0.843. The number of para-hydroxylation sites is 1. The van der Waals surface area contributed by atoms with Gasteiger partial charge >= 0.3 is 0 Å². The first-order chi connectivity index (χ1) is 15.4. The zero-order valence-electron chi connectivity index (χ0n) is 17.9. The lowest BCUT2D eigenvalue weighted by Crippen LogP contribution is -2.49. The Morgan fingerprint density at radius 3 is 2.69 bits per heavy atom. The molecule has 1 saturated heterocycles. The van der Waals surface area contributed by atoms with Crippen molar-refractivity contribution < 1.29 is 22.7 Å². The summed E-state index contributed by atoms with van der Waals surface area (Å²) >= 11 is 0. The van der Waals surface area contributed by atoms with E-state index in [-0.39, 0.29) is 48.0 Å². The SMILES string of the molecule is COc1ccccc1CC(=O)N1CCC(NC(=O)C2=CC=CN3CCS(=O)(=O)N=C23)CC1. The van der Waals surface area contributed by atoms with Crippen molar-refractivity contribution in [3.05, 3.63) is 53.8 Å². The lowest BCUT2D eigenvalue weighted by atomic mass is 10.0. The molecule has 0 saturated carbocycles. The summed E-state index contributed by atoms with van der Waals surface area (Å²) in [4.78, 5) is 29.0. The Kier molecular flexibility index (Phi) is 6.31. The normalized spacial score (nSPS) is 20.2. The highest BCUT2D eigenvalue weighted by molar-refractivity contribution is 7.90. The van der Waals surface area contributed by atoms with Gasteiger partial charge in [-0.05, 0) is 31.1 Å². The van der Waals surface area contributed by atoms with Gasteiger partial charge in [0.1, 0.15) is 5.75 Å². The summed E-state index contributed by atoms with van der Waals surface area (Å²) in [6.45, 7) is 1.35. The molecule has 0 bridgehead atoms. The molecule has 0 aliphatic carbocycles. The van der Waals surface area contributed by atoms with Crippen LogP contribution in [-0.4, -0.2) is 74.4 Å². The first kappa shape index (κ1) is 22.1. The third-order valence-corrected chi connectivity index (χ3v) is 6.97. The van der Waals surface area contributed by atoms with E-state index in [1.165, 1.54) is 0 Å². The molecule has 3 heterocycles. The molecular formula is C22H26N4O5S. The number of sulfonamides is 1. The number of nitrogens with zero attached hydrogens (tertiary/aromatic N) is 3. The van der Waals surface area contributed by atoms with E-state index < -0.39 is 10.0 Å². The maximum Gasteiger partial charge on any atom is 0.256 e. The van der Waals surface area contributed by atoms with Crippen molar-refractivity contribution in [1.29, 1.82) is 0 Å². The number of amidine groups is 1. The fraction of sp³-hybridized carbons (Fsp3) is 0.409. The summed E-state index contributed by atoms with van der Waals surface area (Å²) in [6.07, 6.45) is 6.53. The van der Waals surface area contributed by atoms with Gasteiger partial charge < -0.3 is 19.9 Å². The van der Waals surface area contributed by atoms with Gasteiger partial charge in [-0.3, -0.25) is 9.59 Å². The lowest BCUT2D eigenvalue weighted by molar-refractivity contribution is -0.131. The number of carbonyl (C=O) groups is 2. The highest BCUT2D eigenvalue weighted by Gasteiger charge is 2.31. The summed E-state index contributed by atoms with van der Waals surface area (Å²) in [5, 5.41) is 2.97. The van der Waals surface area contributed by atoms with Gasteiger partial charge in [0.2, 0.25) is 5.91 Å². The van der Waals surface area contributed by atoms with Crippen LogP contribution in [0.5, 0.6) is 5.75 Å². The summed E-state index contributed by atoms with van der Waals surface area (Å²) in [5.74, 6) is 0.461. The number of amides is 2. The number of methoxy groups -OCH3 is 1. The summed E-state index contributed by atoms with van der Waals surface area (Å²) in [5.41, 5.74) is 1.09. The number of rotatable bonds is 5. The van der Waals surface area contributed by atoms with Crippen LogP contribution in [0, 0.1) is 0 Å². The first-order valence-corrected chi connectivity index (χ1v) is 12.2. The number of nitrogens with one attached hydrogen (secondary N) is 1. The maximum atomic E-state index is 12.8. The van der Waals surface area contributed by atoms with Crippen molar-refractivity contribution in [3.63, 3.8) is 0 Å². The van der Waals surface area contributed by atoms with Crippen molar-refractivity contribution in [2.24, 2.45) is 4.40 Å². The average molecular weight is 459 g/mol. The van der Waals surface area contributed by atoms with Crippen molar-refractivity contribution in [3.8, 4) is 5.75 Å². The number of hydrogen-bond acceptors (Lipinski definition) is 6. The van der Waals surface area contributed by atoms with E-state index in [1.807, 2.05) is 24.3 Å². The minimum absolute atomic E-state index is 0.0248. The molecule has 1 aromatic carbocycles. The van der Waals surface area contributed by atoms with E-state index in [4.69, 9.17) is 4.74 Å². The molecule has 0 unspecified atom stereocenters. The van der Waals surface area contributed by atoms with Gasteiger partial charge in [-0.1, -0.05) is 18.2 Å². The maximum absolute atomic E-state index is 12.8. The van der Waals surface area contributed by atoms with Crippen LogP contribution in [0.25, 0.3) is 0 Å². The molecule has 0 radical (unpaired) electrons. The number of allylic oxidation sites excluding steroid dienone is 2. The van der Waals surface area contributed by atoms with E-state index in [2.05, 4.69) is 9.71 Å². The molecule has 9 nitrogen and oxygen atoms in total. The van der Waals surface area contributed by atoms with E-state index in [0.29, 0.717) is 31.7 Å². The Labute approximate surface area is 187 Å². The first-order valence-electron chi connectivity index (χ1n) is 10.5. The minimum Gasteiger partial charge on any atom is -0.496 e. The molecule has 32 heavy (non-hydrogen) atoms. The van der Waals surface area contributed by atoms with Crippen LogP contribution in [0.15, 0.2) is 52.6 Å². The van der Waals surface area contributed by atoms with Gasteiger partial charge in [0.25, 0.3) is 15.9 Å². The van der Waals surface area contributed by atoms with Gasteiger partial charge in [-0.25, -0.2) is 8.42 Å². The zero-order chi connectivity index (χ0) is 22.7. The molecule has 1 aromatic rings. The molecule has 170 valence electrons. The molecule has 0 atom stereocenters. The average Bonchev–Trinajstić information content (AvgIpc) is 2.79. The number of likely N-dealkylation sites (tertiary alicyclic amines) is 1. The van der Waals surface area contributed by atoms with Crippen LogP contribution >= 0.6 is 0 Å². The van der Waals surface area contributed by atoms with Crippen LogP contribution in [-0.2, 0) is 26.0 Å². The molecule has 0 spiro atoms. The standard InChI is InChI=1S/C22H26N4O5S/c1-31-19-7-3-2-5-16(19)15-20(27)25-11-8-17(9-12-25)23-22(28)18-6-4-10-26-13-14-32(29,30)24-21(18)26/h2-7,10,17H,8-9,11-15H2,1H3,(H,23,28). The predicted molar refractivity (Wildman–Crippen MR) is 120 cm³/mol. The van der Waals surface area contributed by atoms with Gasteiger partial charge in [0.05, 0.1) is 24.9 Å². The van der Waals surface area contributed by atoms with E-state index in [9.17, 15) is 18.0 Å². The molecule has 0 aromatic heterocycles. The van der Waals surface area contributed by atoms with E-state index in [0.717, 1.165) is 5.56 Å². The molecule has 3 aliphatic heterocycles. The summed E-state index contributed by atoms with van der Waals surface area (Å²) < 4.78 is 32.9. The zero-order valence-corrected chi connectivity index (χ0v) is 18.7. The van der Waals surface area contributed by atoms with Gasteiger partial charge in [0.15, 0.2) is 5.84 Å². The lowest BCUT2D eigenvalue weighted by Gasteiger charge is -2.33. The van der Waals surface area contributed by atoms with Crippen molar-refractivity contribution in [2.75, 3.05) is 32.5 Å². The summed E-state index contributed by atoms with van der Waals surface area (Å²) in [7, 11) is -1.98. The van der Waals surface area contributed by atoms with E-state index in [1.54, 1.807) is 35.3 Å². The van der Waals surface area contributed by atoms with E-state index >= 15 is 0 Å². The number of carbonyl (C=O) groups excluding carboxylic acids is 2. The van der Waals surface area contributed by atoms with Crippen LogP contribution in [0.4, 0.5) is 0 Å². The van der Waals surface area contributed by atoms with Crippen molar-refractivity contribution in [2.45, 2.75) is 25.3 Å². The van der Waals surface area contributed by atoms with Crippen molar-refractivity contribution >= 4 is 27.7 Å². The monoisotopic (exact) mass is 458 g/mol. The largest absolute Gasteiger partial charge is 0.496 e. The Morgan fingerprint density at radius 2 is 1.94 bits per heavy atom. The molecule has 1 N–H and O–H groups in total. The molecule has 10 heteroatoms. The highest BCUT2D eigenvalue weighted by Crippen LogP contribution is 2.21. The summed E-state index contributed by atoms with van der Waals surface area (Å²) in [6, 6.07) is 7.37. The van der Waals surface area contributed by atoms with Crippen LogP contribution in [0.1, 0.15) is 18.4 Å². The molecule has 2 amide bonds. The van der Waals surface area contributed by atoms with Gasteiger partial charge in [-0.2, -0.15) is 0 Å². The molecule has 3 aliphatic rings. The minimum atomic E-state index is -3.56. The second-order valence-corrected chi connectivity index (χ2v) is 9.69. The smallest absolute Gasteiger partial charge is 0.256 e. The number of piperidine rings is 1. The topological polar surface area (TPSA) is 108 Å². The fourth-order valence-corrected chi connectivity index (χ4v) is 5.04. The third kappa shape index (κ3) is 4.85. The third-order valence-electron chi connectivity index (χ3n) is 5.82. The van der Waals surface area contributed by atoms with Gasteiger partial charge in [-0.15, -0.1) is 4.40 Å². The molecular weight excluding hydrogens is 432 g/mol. The van der Waals surface area contributed by atoms with Crippen LogP contribution in [0.2, 0.25) is 0 Å². The fourth-order valence-electron chi connectivity index (χ4n) is 4.05. The molecule has 4 rings (SSSR count). The van der Waals surface area contributed by atoms with Gasteiger partial charge in [0, 0.05) is 37.4 Å². The Morgan fingerprint density at radius 1 is 1.19 bits per heavy atom. The second kappa shape index (κ2) is 9.15. The highest BCUT2D eigenvalue weighted by atomic mass is 32.2. The second-order valence-electron chi connectivity index (χ2n) is 7.93. The molecule has 1 fully saturated rings. The Hall–Kier alpha value is -3.14. The van der Waals surface area contributed by atoms with Crippen molar-refractivity contribution in [1.82, 2.24) is 15.1 Å². The Balaban J connectivity index is 1.33. The Bertz CT molecular complexity index is 1100. The quantitative estimate of drug-likeness (QED) is 0.701. The number of ether oxygens (including phenoxy) is 1. The van der Waals surface area contributed by atoms with Crippen LogP contribution < -0.4 is 10.1 Å². The number of benzene rings is 1. The number of hydrogen-bond donors (Lipinski definition) is 1.